The van der Waals surface area contributed by atoms with E-state index in [9.17, 15) is 14.4 Å². The largest absolute Gasteiger partial charge is 0.466 e. The maximum Gasteiger partial charge on any atom is 0.319 e. The zero-order chi connectivity index (χ0) is 15.0. The number of ketones is 1. The van der Waals surface area contributed by atoms with E-state index in [-0.39, 0.29) is 24.7 Å². The molecule has 6 heteroatoms. The highest BCUT2D eigenvalue weighted by Crippen LogP contribution is 2.09. The molecule has 0 aliphatic heterocycles. The van der Waals surface area contributed by atoms with Crippen LogP contribution >= 0.6 is 0 Å². The zero-order valence-corrected chi connectivity index (χ0v) is 11.6. The monoisotopic (exact) mass is 278 g/mol. The lowest BCUT2D eigenvalue weighted by molar-refractivity contribution is -0.142. The van der Waals surface area contributed by atoms with E-state index in [1.165, 1.54) is 6.92 Å². The molecule has 0 unspecified atom stereocenters. The third-order valence-electron chi connectivity index (χ3n) is 2.47. The van der Waals surface area contributed by atoms with E-state index in [1.54, 1.807) is 31.2 Å². The summed E-state index contributed by atoms with van der Waals surface area (Å²) in [4.78, 5) is 33.7. The minimum atomic E-state index is -0.412. The van der Waals surface area contributed by atoms with Gasteiger partial charge in [-0.1, -0.05) is 0 Å². The normalized spacial score (nSPS) is 9.70. The van der Waals surface area contributed by atoms with Crippen LogP contribution in [0.5, 0.6) is 0 Å². The van der Waals surface area contributed by atoms with Crippen LogP contribution < -0.4 is 10.6 Å². The molecule has 0 bridgehead atoms. The Morgan fingerprint density at radius 1 is 1.15 bits per heavy atom. The van der Waals surface area contributed by atoms with Crippen molar-refractivity contribution >= 4 is 23.5 Å². The molecule has 0 radical (unpaired) electrons. The lowest BCUT2D eigenvalue weighted by atomic mass is 10.1. The van der Waals surface area contributed by atoms with Gasteiger partial charge in [-0.3, -0.25) is 9.59 Å². The number of ether oxygens (including phenoxy) is 1. The van der Waals surface area contributed by atoms with E-state index in [0.717, 1.165) is 0 Å². The summed E-state index contributed by atoms with van der Waals surface area (Å²) in [6.45, 7) is 3.73. The Hall–Kier alpha value is -2.37. The van der Waals surface area contributed by atoms with Crippen LogP contribution in [0.2, 0.25) is 0 Å². The SMILES string of the molecule is CCOC(=O)CCNC(=O)Nc1ccc(C(C)=O)cc1. The third-order valence-corrected chi connectivity index (χ3v) is 2.47. The van der Waals surface area contributed by atoms with Crippen LogP contribution in [-0.4, -0.2) is 30.9 Å². The van der Waals surface area contributed by atoms with Gasteiger partial charge in [-0.15, -0.1) is 0 Å². The quantitative estimate of drug-likeness (QED) is 0.615. The lowest BCUT2D eigenvalue weighted by Gasteiger charge is -2.07. The summed E-state index contributed by atoms with van der Waals surface area (Å²) in [7, 11) is 0. The number of anilines is 1. The first kappa shape index (κ1) is 15.7. The molecule has 6 nitrogen and oxygen atoms in total. The molecule has 0 heterocycles. The third kappa shape index (κ3) is 5.51. The van der Waals surface area contributed by atoms with E-state index in [2.05, 4.69) is 10.6 Å². The van der Waals surface area contributed by atoms with Gasteiger partial charge in [0.2, 0.25) is 0 Å². The van der Waals surface area contributed by atoms with Gasteiger partial charge < -0.3 is 15.4 Å². The van der Waals surface area contributed by atoms with Crippen LogP contribution in [0.3, 0.4) is 0 Å². The number of esters is 1. The molecule has 2 amide bonds. The predicted molar refractivity (Wildman–Crippen MR) is 74.7 cm³/mol. The molecule has 0 aliphatic rings. The average molecular weight is 278 g/mol. The molecule has 0 aromatic heterocycles. The first-order chi connectivity index (χ1) is 9.52. The zero-order valence-electron chi connectivity index (χ0n) is 11.6. The molecular weight excluding hydrogens is 260 g/mol. The maximum absolute atomic E-state index is 11.5. The van der Waals surface area contributed by atoms with Crippen molar-refractivity contribution in [3.8, 4) is 0 Å². The van der Waals surface area contributed by atoms with Gasteiger partial charge in [0.05, 0.1) is 13.0 Å². The summed E-state index contributed by atoms with van der Waals surface area (Å²) in [5.74, 6) is -0.381. The lowest BCUT2D eigenvalue weighted by Crippen LogP contribution is -2.30. The van der Waals surface area contributed by atoms with E-state index in [0.29, 0.717) is 17.9 Å². The van der Waals surface area contributed by atoms with Crippen LogP contribution in [-0.2, 0) is 9.53 Å². The van der Waals surface area contributed by atoms with Crippen molar-refractivity contribution in [2.45, 2.75) is 20.3 Å². The van der Waals surface area contributed by atoms with Gasteiger partial charge in [0.1, 0.15) is 0 Å². The fraction of sp³-hybridized carbons (Fsp3) is 0.357. The number of carbonyl (C=O) groups excluding carboxylic acids is 3. The second-order valence-electron chi connectivity index (χ2n) is 4.07. The molecule has 2 N–H and O–H groups in total. The average Bonchev–Trinajstić information content (AvgIpc) is 2.39. The number of hydrogen-bond acceptors (Lipinski definition) is 4. The second-order valence-corrected chi connectivity index (χ2v) is 4.07. The summed E-state index contributed by atoms with van der Waals surface area (Å²) in [6, 6.07) is 6.14. The van der Waals surface area contributed by atoms with E-state index >= 15 is 0 Å². The Labute approximate surface area is 117 Å². The van der Waals surface area contributed by atoms with Crippen LogP contribution in [0.15, 0.2) is 24.3 Å². The van der Waals surface area contributed by atoms with Crippen molar-refractivity contribution in [2.75, 3.05) is 18.5 Å². The topological polar surface area (TPSA) is 84.5 Å². The van der Waals surface area contributed by atoms with Gasteiger partial charge in [-0.25, -0.2) is 4.79 Å². The van der Waals surface area contributed by atoms with Gasteiger partial charge in [0.15, 0.2) is 5.78 Å². The van der Waals surface area contributed by atoms with E-state index in [1.807, 2.05) is 0 Å². The minimum absolute atomic E-state index is 0.0320. The molecule has 1 aromatic carbocycles. The molecule has 0 aliphatic carbocycles. The van der Waals surface area contributed by atoms with Gasteiger partial charge in [0.25, 0.3) is 0 Å². The molecule has 1 aromatic rings. The highest BCUT2D eigenvalue weighted by atomic mass is 16.5. The Morgan fingerprint density at radius 2 is 1.80 bits per heavy atom. The fourth-order valence-corrected chi connectivity index (χ4v) is 1.47. The van der Waals surface area contributed by atoms with Crippen molar-refractivity contribution in [1.29, 1.82) is 0 Å². The van der Waals surface area contributed by atoms with Crippen molar-refractivity contribution in [3.63, 3.8) is 0 Å². The number of benzene rings is 1. The van der Waals surface area contributed by atoms with Crippen LogP contribution in [0.1, 0.15) is 30.6 Å². The summed E-state index contributed by atoms with van der Waals surface area (Å²) in [5, 5.41) is 5.14. The first-order valence-corrected chi connectivity index (χ1v) is 6.34. The molecule has 0 atom stereocenters. The van der Waals surface area contributed by atoms with Crippen LogP contribution in [0, 0.1) is 0 Å². The van der Waals surface area contributed by atoms with Crippen molar-refractivity contribution in [1.82, 2.24) is 5.32 Å². The smallest absolute Gasteiger partial charge is 0.319 e. The Kier molecular flexibility index (Phi) is 6.22. The summed E-state index contributed by atoms with van der Waals surface area (Å²) >= 11 is 0. The molecule has 0 saturated heterocycles. The van der Waals surface area contributed by atoms with E-state index < -0.39 is 6.03 Å². The number of nitrogens with one attached hydrogen (secondary N) is 2. The van der Waals surface area contributed by atoms with Gasteiger partial charge in [-0.2, -0.15) is 0 Å². The highest BCUT2D eigenvalue weighted by Gasteiger charge is 2.05. The summed E-state index contributed by atoms with van der Waals surface area (Å²) in [5.41, 5.74) is 1.15. The molecule has 0 spiro atoms. The van der Waals surface area contributed by atoms with Gasteiger partial charge >= 0.3 is 12.0 Å². The molecule has 1 rings (SSSR count). The number of carbonyl (C=O) groups is 3. The number of rotatable bonds is 6. The molecule has 0 fully saturated rings. The van der Waals surface area contributed by atoms with Crippen molar-refractivity contribution in [2.24, 2.45) is 0 Å². The highest BCUT2D eigenvalue weighted by molar-refractivity contribution is 5.95. The second kappa shape index (κ2) is 7.93. The predicted octanol–water partition coefficient (Wildman–Crippen LogP) is 1.96. The number of amides is 2. The molecule has 0 saturated carbocycles. The first-order valence-electron chi connectivity index (χ1n) is 6.34. The van der Waals surface area contributed by atoms with Gasteiger partial charge in [-0.05, 0) is 38.1 Å². The molecule has 20 heavy (non-hydrogen) atoms. The maximum atomic E-state index is 11.5. The molecule has 108 valence electrons. The van der Waals surface area contributed by atoms with Crippen LogP contribution in [0.25, 0.3) is 0 Å². The van der Waals surface area contributed by atoms with Gasteiger partial charge in [0, 0.05) is 17.8 Å². The molecular formula is C14H18N2O4. The number of urea groups is 1. The number of hydrogen-bond donors (Lipinski definition) is 2. The number of Topliss-reactive ketones (excluding diaryl/α,β-unsaturated/α-hetero) is 1. The summed E-state index contributed by atoms with van der Waals surface area (Å²) in [6.07, 6.45) is 0.129. The van der Waals surface area contributed by atoms with Crippen LogP contribution in [0.4, 0.5) is 10.5 Å². The van der Waals surface area contributed by atoms with Crippen molar-refractivity contribution in [3.05, 3.63) is 29.8 Å². The standard InChI is InChI=1S/C14H18N2O4/c1-3-20-13(18)8-9-15-14(19)16-12-6-4-11(5-7-12)10(2)17/h4-7H,3,8-9H2,1-2H3,(H2,15,16,19). The fourth-order valence-electron chi connectivity index (χ4n) is 1.47. The Balaban J connectivity index is 2.35. The summed E-state index contributed by atoms with van der Waals surface area (Å²) < 4.78 is 4.73. The van der Waals surface area contributed by atoms with Crippen molar-refractivity contribution < 1.29 is 19.1 Å². The Bertz CT molecular complexity index is 482. The van der Waals surface area contributed by atoms with E-state index in [4.69, 9.17) is 4.74 Å². The minimum Gasteiger partial charge on any atom is -0.466 e. The Morgan fingerprint density at radius 3 is 2.35 bits per heavy atom.